The van der Waals surface area contributed by atoms with Crippen LogP contribution in [-0.2, 0) is 0 Å². The average Bonchev–Trinajstić information content (AvgIpc) is 1.96. The summed E-state index contributed by atoms with van der Waals surface area (Å²) >= 11 is 5.38. The quantitative estimate of drug-likeness (QED) is 0.628. The van der Waals surface area contributed by atoms with E-state index in [2.05, 4.69) is 4.98 Å². The zero-order chi connectivity index (χ0) is 9.30. The minimum absolute atomic E-state index is 0.119. The minimum Gasteiger partial charge on any atom is -0.208 e. The molecule has 0 bridgehead atoms. The molecule has 0 N–H and O–H groups in total. The number of alkyl halides is 2. The maximum absolute atomic E-state index is 12.4. The first-order valence-electron chi connectivity index (χ1n) is 3.13. The second kappa shape index (κ2) is 3.31. The van der Waals surface area contributed by atoms with Gasteiger partial charge < -0.3 is 0 Å². The number of halogens is 4. The zero-order valence-corrected chi connectivity index (χ0v) is 6.87. The lowest BCUT2D eigenvalue weighted by molar-refractivity contribution is 0.150. The Hall–Kier alpha value is -0.770. The van der Waals surface area contributed by atoms with Crippen LogP contribution in [0.5, 0.6) is 0 Å². The fraction of sp³-hybridized carbons (Fsp3) is 0.286. The molecule has 0 aliphatic carbocycles. The smallest absolute Gasteiger partial charge is 0.208 e. The first-order chi connectivity index (χ1) is 5.52. The lowest BCUT2D eigenvalue weighted by atomic mass is 10.2. The largest absolute Gasteiger partial charge is 0.264 e. The summed E-state index contributed by atoms with van der Waals surface area (Å²) in [5.41, 5.74) is -0.291. The van der Waals surface area contributed by atoms with Gasteiger partial charge in [-0.2, -0.15) is 4.39 Å². The van der Waals surface area contributed by atoms with Gasteiger partial charge in [-0.05, 0) is 12.5 Å². The number of hydrogen-bond donors (Lipinski definition) is 0. The van der Waals surface area contributed by atoms with E-state index in [9.17, 15) is 13.2 Å². The molecule has 12 heavy (non-hydrogen) atoms. The second-order valence-corrected chi connectivity index (χ2v) is 2.61. The molecule has 1 heterocycles. The third-order valence-electron chi connectivity index (χ3n) is 1.46. The van der Waals surface area contributed by atoms with Crippen LogP contribution in [0, 0.1) is 12.9 Å². The van der Waals surface area contributed by atoms with Crippen LogP contribution in [0.15, 0.2) is 6.07 Å². The highest BCUT2D eigenvalue weighted by Crippen LogP contribution is 2.26. The lowest BCUT2D eigenvalue weighted by Crippen LogP contribution is -1.95. The Balaban J connectivity index is 3.28. The number of hydrogen-bond acceptors (Lipinski definition) is 1. The number of pyridine rings is 1. The highest BCUT2D eigenvalue weighted by atomic mass is 35.5. The highest BCUT2D eigenvalue weighted by molar-refractivity contribution is 6.30. The van der Waals surface area contributed by atoms with Crippen molar-refractivity contribution >= 4 is 11.6 Å². The van der Waals surface area contributed by atoms with Gasteiger partial charge in [-0.25, -0.2) is 13.8 Å². The van der Waals surface area contributed by atoms with E-state index in [4.69, 9.17) is 11.6 Å². The summed E-state index contributed by atoms with van der Waals surface area (Å²) in [4.78, 5) is 3.18. The molecule has 0 aliphatic rings. The summed E-state index contributed by atoms with van der Waals surface area (Å²) in [6, 6.07) is 0.686. The summed E-state index contributed by atoms with van der Waals surface area (Å²) in [7, 11) is 0. The van der Waals surface area contributed by atoms with Gasteiger partial charge in [-0.15, -0.1) is 0 Å². The molecule has 1 rings (SSSR count). The standard InChI is InChI=1S/C7H5ClF3N/c1-3-4(7(10)11)2-5(9)12-6(3)8/h2,7H,1H3. The topological polar surface area (TPSA) is 12.9 Å². The molecule has 1 aromatic heterocycles. The van der Waals surface area contributed by atoms with Crippen molar-refractivity contribution in [3.63, 3.8) is 0 Å². The van der Waals surface area contributed by atoms with Gasteiger partial charge in [0.1, 0.15) is 5.15 Å². The van der Waals surface area contributed by atoms with Gasteiger partial charge in [0, 0.05) is 11.6 Å². The van der Waals surface area contributed by atoms with Gasteiger partial charge in [0.2, 0.25) is 5.95 Å². The molecule has 0 aromatic carbocycles. The second-order valence-electron chi connectivity index (χ2n) is 2.25. The van der Waals surface area contributed by atoms with Gasteiger partial charge in [-0.3, -0.25) is 0 Å². The first-order valence-corrected chi connectivity index (χ1v) is 3.51. The van der Waals surface area contributed by atoms with Crippen molar-refractivity contribution in [3.05, 3.63) is 28.3 Å². The van der Waals surface area contributed by atoms with Gasteiger partial charge in [-0.1, -0.05) is 11.6 Å². The van der Waals surface area contributed by atoms with Crippen LogP contribution < -0.4 is 0 Å². The van der Waals surface area contributed by atoms with Crippen LogP contribution in [0.4, 0.5) is 13.2 Å². The molecule has 0 amide bonds. The molecule has 1 nitrogen and oxygen atoms in total. The van der Waals surface area contributed by atoms with Crippen LogP contribution in [0.3, 0.4) is 0 Å². The maximum Gasteiger partial charge on any atom is 0.264 e. The SMILES string of the molecule is Cc1c(C(F)F)cc(F)nc1Cl. The minimum atomic E-state index is -2.72. The lowest BCUT2D eigenvalue weighted by Gasteiger charge is -2.04. The van der Waals surface area contributed by atoms with Crippen molar-refractivity contribution in [2.45, 2.75) is 13.3 Å². The molecule has 0 spiro atoms. The van der Waals surface area contributed by atoms with E-state index >= 15 is 0 Å². The summed E-state index contributed by atoms with van der Waals surface area (Å²) in [6.07, 6.45) is -2.72. The zero-order valence-electron chi connectivity index (χ0n) is 6.11. The van der Waals surface area contributed by atoms with Crippen LogP contribution in [0.25, 0.3) is 0 Å². The third-order valence-corrected chi connectivity index (χ3v) is 1.83. The molecule has 0 unspecified atom stereocenters. The summed E-state index contributed by atoms with van der Waals surface area (Å²) in [6.45, 7) is 1.37. The molecule has 0 atom stereocenters. The van der Waals surface area contributed by atoms with Gasteiger partial charge in [0.25, 0.3) is 6.43 Å². The van der Waals surface area contributed by atoms with E-state index in [1.807, 2.05) is 0 Å². The fourth-order valence-electron chi connectivity index (χ4n) is 0.792. The molecular formula is C7H5ClF3N. The predicted octanol–water partition coefficient (Wildman–Crippen LogP) is 3.12. The molecule has 0 saturated carbocycles. The molecule has 0 radical (unpaired) electrons. The van der Waals surface area contributed by atoms with Crippen molar-refractivity contribution in [2.24, 2.45) is 0 Å². The van der Waals surface area contributed by atoms with Crippen LogP contribution in [0.2, 0.25) is 5.15 Å². The Morgan fingerprint density at radius 3 is 2.58 bits per heavy atom. The molecule has 0 fully saturated rings. The highest BCUT2D eigenvalue weighted by Gasteiger charge is 2.15. The van der Waals surface area contributed by atoms with E-state index in [1.165, 1.54) is 6.92 Å². The number of nitrogens with zero attached hydrogens (tertiary/aromatic N) is 1. The van der Waals surface area contributed by atoms with Gasteiger partial charge in [0.05, 0.1) is 0 Å². The summed E-state index contributed by atoms with van der Waals surface area (Å²) in [5, 5.41) is -0.217. The van der Waals surface area contributed by atoms with Crippen molar-refractivity contribution in [1.29, 1.82) is 0 Å². The van der Waals surface area contributed by atoms with Crippen molar-refractivity contribution in [3.8, 4) is 0 Å². The maximum atomic E-state index is 12.4. The predicted molar refractivity (Wildman–Crippen MR) is 38.9 cm³/mol. The van der Waals surface area contributed by atoms with Crippen molar-refractivity contribution < 1.29 is 13.2 Å². The molecule has 1 aromatic rings. The monoisotopic (exact) mass is 195 g/mol. The molecular weight excluding hydrogens is 191 g/mol. The van der Waals surface area contributed by atoms with Gasteiger partial charge >= 0.3 is 0 Å². The number of rotatable bonds is 1. The fourth-order valence-corrected chi connectivity index (χ4v) is 0.982. The third kappa shape index (κ3) is 1.69. The normalized spacial score (nSPS) is 10.8. The van der Waals surface area contributed by atoms with Crippen LogP contribution in [-0.4, -0.2) is 4.98 Å². The van der Waals surface area contributed by atoms with E-state index in [0.29, 0.717) is 6.07 Å². The van der Waals surface area contributed by atoms with Crippen molar-refractivity contribution in [2.75, 3.05) is 0 Å². The Kier molecular flexibility index (Phi) is 2.57. The Morgan fingerprint density at radius 2 is 2.08 bits per heavy atom. The van der Waals surface area contributed by atoms with Crippen molar-refractivity contribution in [1.82, 2.24) is 4.98 Å². The van der Waals surface area contributed by atoms with Crippen LogP contribution >= 0.6 is 11.6 Å². The van der Waals surface area contributed by atoms with E-state index in [0.717, 1.165) is 0 Å². The summed E-state index contributed by atoms with van der Waals surface area (Å²) in [5.74, 6) is -0.985. The summed E-state index contributed by atoms with van der Waals surface area (Å²) < 4.78 is 36.7. The average molecular weight is 196 g/mol. The van der Waals surface area contributed by atoms with E-state index in [-0.39, 0.29) is 10.7 Å². The molecule has 0 saturated heterocycles. The van der Waals surface area contributed by atoms with Crippen LogP contribution in [0.1, 0.15) is 17.6 Å². The Morgan fingerprint density at radius 1 is 1.50 bits per heavy atom. The first kappa shape index (κ1) is 9.32. The number of aromatic nitrogens is 1. The molecule has 66 valence electrons. The molecule has 0 aliphatic heterocycles. The van der Waals surface area contributed by atoms with E-state index in [1.54, 1.807) is 0 Å². The van der Waals surface area contributed by atoms with E-state index < -0.39 is 17.9 Å². The Bertz CT molecular complexity index is 301. The molecule has 5 heteroatoms. The Labute approximate surface area is 72.2 Å². The van der Waals surface area contributed by atoms with Gasteiger partial charge in [0.15, 0.2) is 0 Å².